The predicted octanol–water partition coefficient (Wildman–Crippen LogP) is 10.1. The predicted molar refractivity (Wildman–Crippen MR) is 160 cm³/mol. The van der Waals surface area contributed by atoms with Crippen LogP contribution in [-0.2, 0) is 0 Å². The fraction of sp³-hybridized carbons (Fsp3) is 0. The molecular weight excluding hydrogens is 474 g/mol. The number of hydrogen-bond donors (Lipinski definition) is 0. The summed E-state index contributed by atoms with van der Waals surface area (Å²) < 4.78 is 6.39. The molecule has 39 heavy (non-hydrogen) atoms. The van der Waals surface area contributed by atoms with E-state index in [1.165, 1.54) is 49.2 Å². The third-order valence-corrected chi connectivity index (χ3v) is 7.90. The lowest BCUT2D eigenvalue weighted by atomic mass is 9.83. The maximum absolute atomic E-state index is 9.35. The van der Waals surface area contributed by atoms with Gasteiger partial charge in [0.1, 0.15) is 11.5 Å². The Balaban J connectivity index is 1.50. The largest absolute Gasteiger partial charge is 0.456 e. The number of nitrogens with zero attached hydrogens (tertiary/aromatic N) is 1. The lowest BCUT2D eigenvalue weighted by Gasteiger charge is -2.24. The van der Waals surface area contributed by atoms with Gasteiger partial charge in [0.2, 0.25) is 0 Å². The highest BCUT2D eigenvalue weighted by Crippen LogP contribution is 2.51. The molecule has 0 fully saturated rings. The third-order valence-electron chi connectivity index (χ3n) is 7.90. The molecule has 0 aliphatic carbocycles. The summed E-state index contributed by atoms with van der Waals surface area (Å²) in [5, 5.41) is 16.5. The van der Waals surface area contributed by atoms with Crippen molar-refractivity contribution in [3.63, 3.8) is 0 Å². The number of rotatable bonds is 2. The topological polar surface area (TPSA) is 33.0 Å². The van der Waals surface area contributed by atoms with Gasteiger partial charge in [-0.1, -0.05) is 103 Å². The Bertz CT molecular complexity index is 2090. The van der Waals surface area contributed by atoms with Crippen LogP contribution in [0.1, 0.15) is 5.56 Å². The van der Waals surface area contributed by atoms with Gasteiger partial charge >= 0.3 is 0 Å². The molecule has 2 nitrogen and oxygen atoms in total. The zero-order chi connectivity index (χ0) is 25.9. The van der Waals surface area contributed by atoms with E-state index in [4.69, 9.17) is 4.74 Å². The summed E-state index contributed by atoms with van der Waals surface area (Å²) in [5.41, 5.74) is 7.70. The van der Waals surface area contributed by atoms with Crippen LogP contribution in [0.25, 0.3) is 65.7 Å². The molecule has 1 heterocycles. The van der Waals surface area contributed by atoms with Crippen LogP contribution in [0.4, 0.5) is 0 Å². The normalized spacial score (nSPS) is 11.8. The second kappa shape index (κ2) is 8.31. The molecule has 0 spiro atoms. The molecule has 8 rings (SSSR count). The van der Waals surface area contributed by atoms with Crippen molar-refractivity contribution in [2.75, 3.05) is 0 Å². The lowest BCUT2D eigenvalue weighted by molar-refractivity contribution is 0.487. The first-order chi connectivity index (χ1) is 19.3. The van der Waals surface area contributed by atoms with Gasteiger partial charge in [-0.2, -0.15) is 5.26 Å². The molecule has 7 aromatic carbocycles. The Morgan fingerprint density at radius 1 is 0.436 bits per heavy atom. The fourth-order valence-corrected chi connectivity index (χ4v) is 6.24. The van der Waals surface area contributed by atoms with Crippen molar-refractivity contribution >= 4 is 32.3 Å². The highest BCUT2D eigenvalue weighted by atomic mass is 16.5. The minimum absolute atomic E-state index is 0.663. The Morgan fingerprint density at radius 2 is 1.00 bits per heavy atom. The summed E-state index contributed by atoms with van der Waals surface area (Å²) in [6.07, 6.45) is 0. The highest BCUT2D eigenvalue weighted by Gasteiger charge is 2.23. The van der Waals surface area contributed by atoms with Crippen LogP contribution in [0, 0.1) is 11.3 Å². The number of ether oxygens (including phenoxy) is 1. The lowest BCUT2D eigenvalue weighted by Crippen LogP contribution is -1.98. The number of nitriles is 1. The molecule has 0 aromatic heterocycles. The summed E-state index contributed by atoms with van der Waals surface area (Å²) in [6.45, 7) is 0. The Labute approximate surface area is 226 Å². The van der Waals surface area contributed by atoms with Gasteiger partial charge in [-0.3, -0.25) is 0 Å². The van der Waals surface area contributed by atoms with E-state index in [0.29, 0.717) is 5.56 Å². The fourth-order valence-electron chi connectivity index (χ4n) is 6.24. The van der Waals surface area contributed by atoms with E-state index < -0.39 is 0 Å². The van der Waals surface area contributed by atoms with Gasteiger partial charge in [-0.05, 0) is 79.0 Å². The van der Waals surface area contributed by atoms with Crippen LogP contribution in [-0.4, -0.2) is 0 Å². The van der Waals surface area contributed by atoms with Crippen molar-refractivity contribution in [1.29, 1.82) is 5.26 Å². The van der Waals surface area contributed by atoms with E-state index in [0.717, 1.165) is 28.0 Å². The molecule has 0 amide bonds. The first kappa shape index (κ1) is 21.7. The van der Waals surface area contributed by atoms with Crippen molar-refractivity contribution in [2.45, 2.75) is 0 Å². The standard InChI is InChI=1S/C37H21NO/c38-22-23-16-18-24(19-17-23)35-26-9-1-3-11-28(26)36(29-12-4-2-10-27(29)35)32-21-20-31-25-8-5-6-14-33(25)39-34-15-7-13-30(32)37(31)34/h1-21H. The number of benzene rings is 7. The van der Waals surface area contributed by atoms with Crippen molar-refractivity contribution < 1.29 is 4.74 Å². The highest BCUT2D eigenvalue weighted by molar-refractivity contribution is 6.24. The van der Waals surface area contributed by atoms with Gasteiger partial charge < -0.3 is 4.74 Å². The van der Waals surface area contributed by atoms with Gasteiger partial charge in [0.05, 0.1) is 11.6 Å². The zero-order valence-electron chi connectivity index (χ0n) is 21.0. The maximum atomic E-state index is 9.35. The van der Waals surface area contributed by atoms with Crippen LogP contribution in [0.15, 0.2) is 127 Å². The van der Waals surface area contributed by atoms with Crippen molar-refractivity contribution in [3.05, 3.63) is 133 Å². The van der Waals surface area contributed by atoms with Crippen LogP contribution in [0.3, 0.4) is 0 Å². The molecule has 180 valence electrons. The average molecular weight is 496 g/mol. The summed E-state index contributed by atoms with van der Waals surface area (Å²) in [6, 6.07) is 46.7. The molecule has 0 radical (unpaired) electrons. The minimum Gasteiger partial charge on any atom is -0.456 e. The third kappa shape index (κ3) is 3.14. The summed E-state index contributed by atoms with van der Waals surface area (Å²) in [4.78, 5) is 0. The minimum atomic E-state index is 0.663. The molecule has 0 atom stereocenters. The summed E-state index contributed by atoms with van der Waals surface area (Å²) in [7, 11) is 0. The summed E-state index contributed by atoms with van der Waals surface area (Å²) >= 11 is 0. The second-order valence-electron chi connectivity index (χ2n) is 9.97. The van der Waals surface area contributed by atoms with E-state index in [2.05, 4.69) is 109 Å². The average Bonchev–Trinajstić information content (AvgIpc) is 3.00. The van der Waals surface area contributed by atoms with Gasteiger partial charge in [-0.15, -0.1) is 0 Å². The number of fused-ring (bicyclic) bond motifs is 4. The zero-order valence-corrected chi connectivity index (χ0v) is 21.0. The number of para-hydroxylation sites is 1. The maximum Gasteiger partial charge on any atom is 0.135 e. The second-order valence-corrected chi connectivity index (χ2v) is 9.97. The van der Waals surface area contributed by atoms with Crippen LogP contribution in [0.2, 0.25) is 0 Å². The van der Waals surface area contributed by atoms with E-state index in [-0.39, 0.29) is 0 Å². The summed E-state index contributed by atoms with van der Waals surface area (Å²) in [5.74, 6) is 1.79. The van der Waals surface area contributed by atoms with E-state index in [9.17, 15) is 5.26 Å². The van der Waals surface area contributed by atoms with Gasteiger partial charge in [0, 0.05) is 10.9 Å². The SMILES string of the molecule is N#Cc1ccc(-c2c3ccccc3c(-c3ccc4c5c(cccc35)Oc3ccccc3-4)c3ccccc23)cc1. The number of hydrogen-bond acceptors (Lipinski definition) is 2. The molecule has 0 saturated carbocycles. The van der Waals surface area contributed by atoms with Crippen molar-refractivity contribution in [2.24, 2.45) is 0 Å². The van der Waals surface area contributed by atoms with E-state index in [1.54, 1.807) is 0 Å². The smallest absolute Gasteiger partial charge is 0.135 e. The molecule has 2 heteroatoms. The van der Waals surface area contributed by atoms with Crippen molar-refractivity contribution in [1.82, 2.24) is 0 Å². The van der Waals surface area contributed by atoms with E-state index in [1.807, 2.05) is 24.3 Å². The molecule has 7 aromatic rings. The van der Waals surface area contributed by atoms with Gasteiger partial charge in [0.15, 0.2) is 0 Å². The van der Waals surface area contributed by atoms with Gasteiger partial charge in [0.25, 0.3) is 0 Å². The molecule has 0 saturated heterocycles. The Hall–Kier alpha value is -5.39. The van der Waals surface area contributed by atoms with E-state index >= 15 is 0 Å². The first-order valence-corrected chi connectivity index (χ1v) is 13.1. The van der Waals surface area contributed by atoms with Gasteiger partial charge in [-0.25, -0.2) is 0 Å². The molecule has 1 aliphatic rings. The molecule has 0 unspecified atom stereocenters. The van der Waals surface area contributed by atoms with Crippen LogP contribution in [0.5, 0.6) is 11.5 Å². The molecule has 0 N–H and O–H groups in total. The molecular formula is C37H21NO. The van der Waals surface area contributed by atoms with Crippen LogP contribution >= 0.6 is 0 Å². The quantitative estimate of drug-likeness (QED) is 0.224. The first-order valence-electron chi connectivity index (χ1n) is 13.1. The van der Waals surface area contributed by atoms with Crippen LogP contribution < -0.4 is 4.74 Å². The monoisotopic (exact) mass is 495 g/mol. The Morgan fingerprint density at radius 3 is 1.69 bits per heavy atom. The van der Waals surface area contributed by atoms with Crippen molar-refractivity contribution in [3.8, 4) is 50.9 Å². The molecule has 1 aliphatic heterocycles. The molecule has 0 bridgehead atoms. The Kier molecular flexibility index (Phi) is 4.62.